The zero-order valence-corrected chi connectivity index (χ0v) is 17.4. The van der Waals surface area contributed by atoms with Gasteiger partial charge in [-0.05, 0) is 49.1 Å². The minimum Gasteiger partial charge on any atom is -0.494 e. The van der Waals surface area contributed by atoms with Gasteiger partial charge in [-0.2, -0.15) is 0 Å². The van der Waals surface area contributed by atoms with E-state index in [1.54, 1.807) is 0 Å². The lowest BCUT2D eigenvalue weighted by Crippen LogP contribution is -2.37. The molecule has 0 radical (unpaired) electrons. The highest BCUT2D eigenvalue weighted by molar-refractivity contribution is 5.44. The highest BCUT2D eigenvalue weighted by Gasteiger charge is 2.37. The highest BCUT2D eigenvalue weighted by atomic mass is 16.5. The van der Waals surface area contributed by atoms with Crippen molar-refractivity contribution in [2.75, 3.05) is 52.5 Å². The number of aromatic nitrogens is 2. The summed E-state index contributed by atoms with van der Waals surface area (Å²) in [6, 6.07) is 7.30. The molecule has 156 valence electrons. The Hall–Kier alpha value is -1.89. The van der Waals surface area contributed by atoms with Crippen molar-refractivity contribution in [1.82, 2.24) is 19.4 Å². The van der Waals surface area contributed by atoms with E-state index >= 15 is 0 Å². The molecule has 0 amide bonds. The van der Waals surface area contributed by atoms with Gasteiger partial charge in [0.1, 0.15) is 11.6 Å². The molecule has 5 rings (SSSR count). The van der Waals surface area contributed by atoms with E-state index in [1.807, 2.05) is 6.20 Å². The summed E-state index contributed by atoms with van der Waals surface area (Å²) in [5.41, 5.74) is 2.88. The largest absolute Gasteiger partial charge is 0.494 e. The van der Waals surface area contributed by atoms with Crippen LogP contribution < -0.4 is 4.74 Å². The summed E-state index contributed by atoms with van der Waals surface area (Å²) in [5.74, 6) is 2.52. The SMILES string of the molecule is Cn1ccnc1C1CN2CCCC2c2cc(OCCCN3CCOCC3)ccc21. The third-order valence-electron chi connectivity index (χ3n) is 6.73. The lowest BCUT2D eigenvalue weighted by molar-refractivity contribution is 0.0358. The Morgan fingerprint density at radius 3 is 2.90 bits per heavy atom. The fourth-order valence-corrected chi connectivity index (χ4v) is 5.21. The van der Waals surface area contributed by atoms with Crippen molar-refractivity contribution in [2.45, 2.75) is 31.2 Å². The van der Waals surface area contributed by atoms with Gasteiger partial charge < -0.3 is 14.0 Å². The molecular formula is C23H32N4O2. The van der Waals surface area contributed by atoms with Crippen molar-refractivity contribution in [1.29, 1.82) is 0 Å². The van der Waals surface area contributed by atoms with Crippen LogP contribution in [0.4, 0.5) is 0 Å². The molecule has 0 aliphatic carbocycles. The Labute approximate surface area is 173 Å². The third kappa shape index (κ3) is 3.93. The maximum atomic E-state index is 6.16. The van der Waals surface area contributed by atoms with Gasteiger partial charge in [0.15, 0.2) is 0 Å². The van der Waals surface area contributed by atoms with E-state index in [0.29, 0.717) is 12.0 Å². The first kappa shape index (κ1) is 19.1. The van der Waals surface area contributed by atoms with Crippen LogP contribution in [0.25, 0.3) is 0 Å². The summed E-state index contributed by atoms with van der Waals surface area (Å²) in [6.07, 6.45) is 7.55. The Morgan fingerprint density at radius 1 is 1.17 bits per heavy atom. The van der Waals surface area contributed by atoms with Gasteiger partial charge in [0, 0.05) is 51.7 Å². The first-order valence-electron chi connectivity index (χ1n) is 11.1. The number of nitrogens with zero attached hydrogens (tertiary/aromatic N) is 4. The van der Waals surface area contributed by atoms with Crippen LogP contribution in [-0.4, -0.2) is 71.9 Å². The molecule has 3 aliphatic rings. The second-order valence-electron chi connectivity index (χ2n) is 8.55. The van der Waals surface area contributed by atoms with Crippen LogP contribution in [-0.2, 0) is 11.8 Å². The van der Waals surface area contributed by atoms with Gasteiger partial charge in [-0.15, -0.1) is 0 Å². The predicted molar refractivity (Wildman–Crippen MR) is 112 cm³/mol. The number of benzene rings is 1. The molecule has 2 unspecified atom stereocenters. The van der Waals surface area contributed by atoms with E-state index in [4.69, 9.17) is 9.47 Å². The summed E-state index contributed by atoms with van der Waals surface area (Å²) in [6.45, 7) is 7.94. The van der Waals surface area contributed by atoms with E-state index < -0.39 is 0 Å². The Balaban J connectivity index is 1.29. The highest BCUT2D eigenvalue weighted by Crippen LogP contribution is 2.44. The van der Waals surface area contributed by atoms with Gasteiger partial charge in [0.2, 0.25) is 0 Å². The Bertz CT molecular complexity index is 830. The van der Waals surface area contributed by atoms with Crippen LogP contribution >= 0.6 is 0 Å². The maximum Gasteiger partial charge on any atom is 0.119 e. The van der Waals surface area contributed by atoms with Crippen LogP contribution in [0.15, 0.2) is 30.6 Å². The molecule has 2 atom stereocenters. The molecule has 0 spiro atoms. The molecule has 2 saturated heterocycles. The quantitative estimate of drug-likeness (QED) is 0.703. The molecule has 0 bridgehead atoms. The maximum absolute atomic E-state index is 6.16. The number of imidazole rings is 1. The van der Waals surface area contributed by atoms with Crippen molar-refractivity contribution in [3.05, 3.63) is 47.5 Å². The van der Waals surface area contributed by atoms with Crippen molar-refractivity contribution in [2.24, 2.45) is 7.05 Å². The lowest BCUT2D eigenvalue weighted by atomic mass is 9.84. The second-order valence-corrected chi connectivity index (χ2v) is 8.55. The first-order valence-corrected chi connectivity index (χ1v) is 11.1. The molecular weight excluding hydrogens is 364 g/mol. The normalized spacial score (nSPS) is 25.0. The number of aryl methyl sites for hydroxylation is 1. The molecule has 2 fully saturated rings. The van der Waals surface area contributed by atoms with Crippen LogP contribution in [0, 0.1) is 0 Å². The van der Waals surface area contributed by atoms with Crippen molar-refractivity contribution in [3.8, 4) is 5.75 Å². The molecule has 1 aromatic carbocycles. The summed E-state index contributed by atoms with van der Waals surface area (Å²) >= 11 is 0. The summed E-state index contributed by atoms with van der Waals surface area (Å²) in [5, 5.41) is 0. The van der Waals surface area contributed by atoms with Crippen LogP contribution in [0.3, 0.4) is 0 Å². The van der Waals surface area contributed by atoms with E-state index in [9.17, 15) is 0 Å². The van der Waals surface area contributed by atoms with Crippen molar-refractivity contribution < 1.29 is 9.47 Å². The standard InChI is InChI=1S/C23H32N4O2/c1-25-10-7-24-23(25)21-17-27-9-2-4-22(27)20-16-18(5-6-19(20)21)29-13-3-8-26-11-14-28-15-12-26/h5-7,10,16,21-22H,2-4,8-9,11-15,17H2,1H3. The smallest absolute Gasteiger partial charge is 0.119 e. The van der Waals surface area contributed by atoms with E-state index in [1.165, 1.54) is 30.5 Å². The topological polar surface area (TPSA) is 42.8 Å². The van der Waals surface area contributed by atoms with E-state index in [0.717, 1.165) is 64.0 Å². The average Bonchev–Trinajstić information content (AvgIpc) is 3.40. The second kappa shape index (κ2) is 8.46. The van der Waals surface area contributed by atoms with Crippen molar-refractivity contribution >= 4 is 0 Å². The number of rotatable bonds is 6. The zero-order chi connectivity index (χ0) is 19.6. The molecule has 6 heteroatoms. The van der Waals surface area contributed by atoms with Crippen molar-refractivity contribution in [3.63, 3.8) is 0 Å². The predicted octanol–water partition coefficient (Wildman–Crippen LogP) is 2.80. The van der Waals surface area contributed by atoms with Gasteiger partial charge in [-0.25, -0.2) is 4.98 Å². The third-order valence-corrected chi connectivity index (χ3v) is 6.73. The van der Waals surface area contributed by atoms with Gasteiger partial charge >= 0.3 is 0 Å². The van der Waals surface area contributed by atoms with Crippen LogP contribution in [0.2, 0.25) is 0 Å². The molecule has 6 nitrogen and oxygen atoms in total. The fraction of sp³-hybridized carbons (Fsp3) is 0.609. The number of hydrogen-bond donors (Lipinski definition) is 0. The van der Waals surface area contributed by atoms with Crippen LogP contribution in [0.5, 0.6) is 5.75 Å². The van der Waals surface area contributed by atoms with E-state index in [-0.39, 0.29) is 0 Å². The molecule has 4 heterocycles. The molecule has 1 aromatic heterocycles. The van der Waals surface area contributed by atoms with Gasteiger partial charge in [-0.3, -0.25) is 9.80 Å². The minimum atomic E-state index is 0.342. The molecule has 3 aliphatic heterocycles. The number of morpholine rings is 1. The average molecular weight is 397 g/mol. The van der Waals surface area contributed by atoms with E-state index in [2.05, 4.69) is 50.8 Å². The van der Waals surface area contributed by atoms with Gasteiger partial charge in [0.25, 0.3) is 0 Å². The minimum absolute atomic E-state index is 0.342. The summed E-state index contributed by atoms with van der Waals surface area (Å²) < 4.78 is 13.8. The molecule has 0 N–H and O–H groups in total. The first-order chi connectivity index (χ1) is 14.3. The number of hydrogen-bond acceptors (Lipinski definition) is 5. The fourth-order valence-electron chi connectivity index (χ4n) is 5.21. The van der Waals surface area contributed by atoms with Crippen LogP contribution in [0.1, 0.15) is 48.2 Å². The molecule has 2 aromatic rings. The monoisotopic (exact) mass is 396 g/mol. The Morgan fingerprint density at radius 2 is 2.07 bits per heavy atom. The lowest BCUT2D eigenvalue weighted by Gasteiger charge is -2.37. The number of fused-ring (bicyclic) bond motifs is 3. The number of ether oxygens (including phenoxy) is 2. The molecule has 29 heavy (non-hydrogen) atoms. The summed E-state index contributed by atoms with van der Waals surface area (Å²) in [4.78, 5) is 9.78. The van der Waals surface area contributed by atoms with Gasteiger partial charge in [-0.1, -0.05) is 6.07 Å². The van der Waals surface area contributed by atoms with Gasteiger partial charge in [0.05, 0.1) is 25.7 Å². The molecule has 0 saturated carbocycles. The zero-order valence-electron chi connectivity index (χ0n) is 17.4. The summed E-state index contributed by atoms with van der Waals surface area (Å²) in [7, 11) is 2.10. The Kier molecular flexibility index (Phi) is 5.57.